The van der Waals surface area contributed by atoms with Gasteiger partial charge in [0.25, 0.3) is 0 Å². The molecular weight excluding hydrogens is 531 g/mol. The summed E-state index contributed by atoms with van der Waals surface area (Å²) in [4.78, 5) is 26.1. The number of benzene rings is 3. The van der Waals surface area contributed by atoms with Gasteiger partial charge in [-0.25, -0.2) is 0 Å². The molecule has 1 fully saturated rings. The standard InChI is InChI=1S/C32H32F3N3O3/c1-22(39)36-26-12-13-27-28(20-38(29(27)18-26)19-23-8-4-2-5-9-23)31(41,32(33,34)35)21-37-16-14-25(15-17-37)30(40)24-10-6-3-7-11-24/h2-13,18,20,25,41H,14-17,19,21H2,1H3,(H,36,39). The molecule has 6 nitrogen and oxygen atoms in total. The van der Waals surface area contributed by atoms with Gasteiger partial charge in [0.05, 0.1) is 5.52 Å². The van der Waals surface area contributed by atoms with Gasteiger partial charge in [0.15, 0.2) is 5.78 Å². The number of anilines is 1. The molecule has 0 spiro atoms. The number of hydrogen-bond acceptors (Lipinski definition) is 4. The Morgan fingerprint density at radius 3 is 2.20 bits per heavy atom. The number of nitrogens with zero attached hydrogens (tertiary/aromatic N) is 2. The number of halogens is 3. The molecule has 1 aliphatic rings. The second kappa shape index (κ2) is 11.5. The average Bonchev–Trinajstić information content (AvgIpc) is 3.31. The van der Waals surface area contributed by atoms with E-state index in [1.807, 2.05) is 36.4 Å². The minimum atomic E-state index is -4.97. The van der Waals surface area contributed by atoms with Gasteiger partial charge in [0.2, 0.25) is 11.5 Å². The number of ketones is 1. The topological polar surface area (TPSA) is 74.6 Å². The Balaban J connectivity index is 1.46. The van der Waals surface area contributed by atoms with Gasteiger partial charge in [-0.05, 0) is 43.6 Å². The molecule has 1 unspecified atom stereocenters. The molecule has 9 heteroatoms. The number of carbonyl (C=O) groups is 2. The molecule has 1 aromatic heterocycles. The van der Waals surface area contributed by atoms with E-state index in [1.165, 1.54) is 25.3 Å². The van der Waals surface area contributed by atoms with Crippen LogP contribution in [-0.2, 0) is 16.9 Å². The summed E-state index contributed by atoms with van der Waals surface area (Å²) in [7, 11) is 0. The number of aliphatic hydroxyl groups is 1. The molecule has 0 aliphatic carbocycles. The first-order valence-electron chi connectivity index (χ1n) is 13.6. The lowest BCUT2D eigenvalue weighted by molar-refractivity contribution is -0.271. The molecule has 214 valence electrons. The Labute approximate surface area is 236 Å². The van der Waals surface area contributed by atoms with Crippen molar-refractivity contribution in [3.8, 4) is 0 Å². The predicted molar refractivity (Wildman–Crippen MR) is 152 cm³/mol. The predicted octanol–water partition coefficient (Wildman–Crippen LogP) is 5.99. The first-order chi connectivity index (χ1) is 19.5. The molecule has 1 saturated heterocycles. The molecule has 3 aromatic carbocycles. The number of carbonyl (C=O) groups excluding carboxylic acids is 2. The average molecular weight is 564 g/mol. The number of likely N-dealkylation sites (tertiary alicyclic amines) is 1. The van der Waals surface area contributed by atoms with E-state index in [1.54, 1.807) is 39.8 Å². The Kier molecular flexibility index (Phi) is 8.02. The number of amides is 1. The van der Waals surface area contributed by atoms with Crippen molar-refractivity contribution >= 4 is 28.3 Å². The molecule has 0 bridgehead atoms. The maximum atomic E-state index is 14.8. The molecule has 2 N–H and O–H groups in total. The first kappa shape index (κ1) is 28.6. The number of piperidine rings is 1. The first-order valence-corrected chi connectivity index (χ1v) is 13.6. The minimum Gasteiger partial charge on any atom is -0.375 e. The zero-order chi connectivity index (χ0) is 29.2. The zero-order valence-electron chi connectivity index (χ0n) is 22.7. The van der Waals surface area contributed by atoms with Crippen molar-refractivity contribution in [2.75, 3.05) is 25.0 Å². The lowest BCUT2D eigenvalue weighted by atomic mass is 9.87. The van der Waals surface area contributed by atoms with Crippen LogP contribution in [0.15, 0.2) is 85.1 Å². The number of β-amino-alcohol motifs (C(OH)–C–C–N with tert-alkyl or cyclic N) is 1. The Morgan fingerprint density at radius 2 is 1.59 bits per heavy atom. The molecule has 41 heavy (non-hydrogen) atoms. The molecule has 4 aromatic rings. The molecular formula is C32H32F3N3O3. The third kappa shape index (κ3) is 6.06. The van der Waals surface area contributed by atoms with Crippen molar-refractivity contribution in [3.05, 3.63) is 102 Å². The lowest BCUT2D eigenvalue weighted by Crippen LogP contribution is -2.52. The second-order valence-electron chi connectivity index (χ2n) is 10.7. The second-order valence-corrected chi connectivity index (χ2v) is 10.7. The van der Waals surface area contributed by atoms with Crippen molar-refractivity contribution in [1.29, 1.82) is 0 Å². The van der Waals surface area contributed by atoms with Crippen LogP contribution in [0.4, 0.5) is 18.9 Å². The summed E-state index contributed by atoms with van der Waals surface area (Å²) in [5.74, 6) is -0.574. The molecule has 1 atom stereocenters. The van der Waals surface area contributed by atoms with Gasteiger partial charge >= 0.3 is 6.18 Å². The normalized spacial score (nSPS) is 16.4. The van der Waals surface area contributed by atoms with Crippen molar-refractivity contribution in [3.63, 3.8) is 0 Å². The van der Waals surface area contributed by atoms with E-state index in [0.717, 1.165) is 5.56 Å². The van der Waals surface area contributed by atoms with E-state index in [2.05, 4.69) is 5.32 Å². The Hall–Kier alpha value is -3.95. The van der Waals surface area contributed by atoms with Crippen LogP contribution < -0.4 is 5.32 Å². The Bertz CT molecular complexity index is 1530. The fraction of sp³-hybridized carbons (Fsp3) is 0.312. The smallest absolute Gasteiger partial charge is 0.375 e. The van der Waals surface area contributed by atoms with E-state index in [9.17, 15) is 27.9 Å². The van der Waals surface area contributed by atoms with E-state index >= 15 is 0 Å². The summed E-state index contributed by atoms with van der Waals surface area (Å²) >= 11 is 0. The number of hydrogen-bond donors (Lipinski definition) is 2. The third-order valence-electron chi connectivity index (χ3n) is 7.78. The van der Waals surface area contributed by atoms with Gasteiger partial charge in [-0.15, -0.1) is 0 Å². The van der Waals surface area contributed by atoms with E-state index in [0.29, 0.717) is 29.6 Å². The number of Topliss-reactive ketones (excluding diaryl/α,β-unsaturated/α-hetero) is 1. The summed E-state index contributed by atoms with van der Waals surface area (Å²) in [6, 6.07) is 22.9. The lowest BCUT2D eigenvalue weighted by Gasteiger charge is -2.38. The van der Waals surface area contributed by atoms with E-state index in [4.69, 9.17) is 0 Å². The highest BCUT2D eigenvalue weighted by Crippen LogP contribution is 2.44. The summed E-state index contributed by atoms with van der Waals surface area (Å²) in [5, 5.41) is 14.4. The number of rotatable bonds is 8. The van der Waals surface area contributed by atoms with Crippen molar-refractivity contribution in [2.45, 2.75) is 38.1 Å². The van der Waals surface area contributed by atoms with Crippen molar-refractivity contribution in [2.24, 2.45) is 5.92 Å². The van der Waals surface area contributed by atoms with Gasteiger partial charge in [-0.3, -0.25) is 14.5 Å². The summed E-state index contributed by atoms with van der Waals surface area (Å²) in [5.41, 5.74) is -1.01. The van der Waals surface area contributed by atoms with Gasteiger partial charge in [0.1, 0.15) is 0 Å². The highest BCUT2D eigenvalue weighted by atomic mass is 19.4. The van der Waals surface area contributed by atoms with Crippen molar-refractivity contribution < 1.29 is 27.9 Å². The van der Waals surface area contributed by atoms with Gasteiger partial charge in [0, 0.05) is 54.3 Å². The van der Waals surface area contributed by atoms with Crippen LogP contribution >= 0.6 is 0 Å². The number of alkyl halides is 3. The van der Waals surface area contributed by atoms with Crippen LogP contribution in [0.2, 0.25) is 0 Å². The fourth-order valence-electron chi connectivity index (χ4n) is 5.66. The van der Waals surface area contributed by atoms with Gasteiger partial charge < -0.3 is 15.0 Å². The number of fused-ring (bicyclic) bond motifs is 1. The van der Waals surface area contributed by atoms with Crippen LogP contribution in [0.3, 0.4) is 0 Å². The maximum absolute atomic E-state index is 14.8. The molecule has 5 rings (SSSR count). The largest absolute Gasteiger partial charge is 0.422 e. The van der Waals surface area contributed by atoms with Crippen molar-refractivity contribution in [1.82, 2.24) is 9.47 Å². The fourth-order valence-corrected chi connectivity index (χ4v) is 5.66. The molecule has 1 amide bonds. The van der Waals surface area contributed by atoms with Gasteiger partial charge in [-0.1, -0.05) is 66.7 Å². The van der Waals surface area contributed by atoms with Gasteiger partial charge in [-0.2, -0.15) is 13.2 Å². The van der Waals surface area contributed by atoms with E-state index < -0.39 is 18.3 Å². The molecule has 1 aliphatic heterocycles. The highest BCUT2D eigenvalue weighted by Gasteiger charge is 2.57. The third-order valence-corrected chi connectivity index (χ3v) is 7.78. The highest BCUT2D eigenvalue weighted by molar-refractivity contribution is 5.98. The summed E-state index contributed by atoms with van der Waals surface area (Å²) in [6.45, 7) is 1.51. The minimum absolute atomic E-state index is 0.00436. The number of nitrogens with one attached hydrogen (secondary N) is 1. The Morgan fingerprint density at radius 1 is 0.951 bits per heavy atom. The monoisotopic (exact) mass is 563 g/mol. The molecule has 2 heterocycles. The van der Waals surface area contributed by atoms with Crippen LogP contribution in [0.1, 0.15) is 41.3 Å². The van der Waals surface area contributed by atoms with E-state index in [-0.39, 0.29) is 48.2 Å². The molecule has 0 radical (unpaired) electrons. The summed E-state index contributed by atoms with van der Waals surface area (Å²) < 4.78 is 46.0. The zero-order valence-corrected chi connectivity index (χ0v) is 22.7. The quantitative estimate of drug-likeness (QED) is 0.258. The van der Waals surface area contributed by atoms with Crippen LogP contribution in [0.5, 0.6) is 0 Å². The molecule has 0 saturated carbocycles. The summed E-state index contributed by atoms with van der Waals surface area (Å²) in [6.07, 6.45) is -2.77. The SMILES string of the molecule is CC(=O)Nc1ccc2c(C(O)(CN3CCC(C(=O)c4ccccc4)CC3)C(F)(F)F)cn(Cc3ccccc3)c2c1. The van der Waals surface area contributed by atoms with Crippen LogP contribution in [0.25, 0.3) is 10.9 Å². The van der Waals surface area contributed by atoms with Crippen LogP contribution in [-0.4, -0.2) is 52.1 Å². The number of aromatic nitrogens is 1. The van der Waals surface area contributed by atoms with Crippen LogP contribution in [0, 0.1) is 5.92 Å². The maximum Gasteiger partial charge on any atom is 0.422 e.